The van der Waals surface area contributed by atoms with Gasteiger partial charge in [0.2, 0.25) is 7.37 Å². The summed E-state index contributed by atoms with van der Waals surface area (Å²) in [6.07, 6.45) is 1.38. The Bertz CT molecular complexity index is 596. The Morgan fingerprint density at radius 3 is 2.68 bits per heavy atom. The summed E-state index contributed by atoms with van der Waals surface area (Å²) in [4.78, 5) is 20.9. The lowest BCUT2D eigenvalue weighted by Gasteiger charge is -2.20. The lowest BCUT2D eigenvalue weighted by atomic mass is 10.1. The maximum absolute atomic E-state index is 12.1. The summed E-state index contributed by atoms with van der Waals surface area (Å²) in [5.74, 6) is -0.995. The minimum atomic E-state index is -3.35. The molecule has 0 saturated heterocycles. The maximum atomic E-state index is 12.1. The highest BCUT2D eigenvalue weighted by Crippen LogP contribution is 2.42. The zero-order valence-corrected chi connectivity index (χ0v) is 15.5. The van der Waals surface area contributed by atoms with Gasteiger partial charge >= 0.3 is 5.97 Å². The molecule has 3 atom stereocenters. The average molecular weight is 372 g/mol. The number of hydrogen-bond donors (Lipinski definition) is 5. The number of aromatic carboxylic acids is 1. The fourth-order valence-corrected chi connectivity index (χ4v) is 4.22. The second-order valence-corrected chi connectivity index (χ2v) is 8.82. The molecule has 0 bridgehead atoms. The lowest BCUT2D eigenvalue weighted by molar-refractivity contribution is 0.0696. The molecule has 6 N–H and O–H groups in total. The minimum absolute atomic E-state index is 0.148. The van der Waals surface area contributed by atoms with Crippen molar-refractivity contribution >= 4 is 13.3 Å². The number of nitrogens with one attached hydrogen (secondary N) is 1. The number of hydrogen-bond acceptors (Lipinski definition) is 5. The van der Waals surface area contributed by atoms with E-state index < -0.39 is 19.4 Å². The van der Waals surface area contributed by atoms with Crippen molar-refractivity contribution in [1.82, 2.24) is 5.32 Å². The zero-order chi connectivity index (χ0) is 18.9. The Kier molecular flexibility index (Phi) is 9.32. The molecule has 1 aromatic rings. The van der Waals surface area contributed by atoms with Crippen LogP contribution < -0.4 is 11.1 Å². The maximum Gasteiger partial charge on any atom is 0.335 e. The van der Waals surface area contributed by atoms with Gasteiger partial charge in [0.1, 0.15) is 0 Å². The van der Waals surface area contributed by atoms with Crippen LogP contribution in [0.25, 0.3) is 0 Å². The first-order chi connectivity index (χ1) is 11.7. The van der Waals surface area contributed by atoms with Crippen LogP contribution in [-0.4, -0.2) is 52.6 Å². The number of nitrogens with two attached hydrogens (primary N) is 1. The number of unbranched alkanes of at least 4 members (excludes halogenated alkanes) is 2. The first-order valence-electron chi connectivity index (χ1n) is 8.51. The van der Waals surface area contributed by atoms with Gasteiger partial charge in [0.15, 0.2) is 0 Å². The van der Waals surface area contributed by atoms with E-state index in [0.717, 1.165) is 18.4 Å². The molecule has 8 heteroatoms. The van der Waals surface area contributed by atoms with Crippen molar-refractivity contribution in [3.8, 4) is 0 Å². The number of carboxylic acids is 1. The second kappa shape index (κ2) is 10.7. The molecule has 0 aromatic heterocycles. The summed E-state index contributed by atoms with van der Waals surface area (Å²) < 4.78 is 12.1. The fraction of sp³-hybridized carbons (Fsp3) is 0.588. The predicted octanol–water partition coefficient (Wildman–Crippen LogP) is 1.80. The van der Waals surface area contributed by atoms with Gasteiger partial charge in [0.05, 0.1) is 17.8 Å². The van der Waals surface area contributed by atoms with Gasteiger partial charge in [-0.05, 0) is 44.0 Å². The molecule has 142 valence electrons. The molecule has 0 aliphatic carbocycles. The number of rotatable bonds is 12. The summed E-state index contributed by atoms with van der Waals surface area (Å²) in [5.41, 5.74) is 6.37. The van der Waals surface area contributed by atoms with Crippen LogP contribution in [-0.2, 0) is 4.57 Å². The largest absolute Gasteiger partial charge is 0.478 e. The highest BCUT2D eigenvalue weighted by molar-refractivity contribution is 7.58. The number of benzene rings is 1. The molecule has 1 rings (SSSR count). The zero-order valence-electron chi connectivity index (χ0n) is 14.6. The Hall–Kier alpha value is -1.24. The molecule has 0 heterocycles. The Balaban J connectivity index is 2.44. The van der Waals surface area contributed by atoms with Crippen LogP contribution in [0, 0.1) is 0 Å². The van der Waals surface area contributed by atoms with E-state index in [9.17, 15) is 19.4 Å². The number of aliphatic hydroxyl groups excluding tert-OH is 1. The standard InChI is InChI=1S/C17H29N2O5P/c1-13(14-6-5-7-15(10-14)17(21)22)19-11-16(20)12-25(23,24)9-4-2-3-8-18/h5-7,10,13,16,19-20H,2-4,8-9,11-12,18H2,1H3,(H,21,22)(H,23,24). The number of carbonyl (C=O) groups is 1. The number of aliphatic hydroxyl groups is 1. The Morgan fingerprint density at radius 2 is 2.04 bits per heavy atom. The Labute approximate surface area is 148 Å². The topological polar surface area (TPSA) is 133 Å². The molecule has 25 heavy (non-hydrogen) atoms. The van der Waals surface area contributed by atoms with Gasteiger partial charge in [0.25, 0.3) is 0 Å². The van der Waals surface area contributed by atoms with Crippen molar-refractivity contribution in [2.45, 2.75) is 38.3 Å². The van der Waals surface area contributed by atoms with E-state index in [1.165, 1.54) is 6.07 Å². The van der Waals surface area contributed by atoms with E-state index in [0.29, 0.717) is 13.0 Å². The molecule has 0 aliphatic heterocycles. The van der Waals surface area contributed by atoms with Crippen LogP contribution in [0.5, 0.6) is 0 Å². The molecule has 0 fully saturated rings. The second-order valence-electron chi connectivity index (χ2n) is 6.32. The summed E-state index contributed by atoms with van der Waals surface area (Å²) in [6, 6.07) is 6.36. The molecule has 7 nitrogen and oxygen atoms in total. The van der Waals surface area contributed by atoms with E-state index in [4.69, 9.17) is 10.8 Å². The van der Waals surface area contributed by atoms with Gasteiger partial charge in [-0.15, -0.1) is 0 Å². The van der Waals surface area contributed by atoms with E-state index >= 15 is 0 Å². The highest BCUT2D eigenvalue weighted by Gasteiger charge is 2.22. The fourth-order valence-electron chi connectivity index (χ4n) is 2.54. The third-order valence-electron chi connectivity index (χ3n) is 4.00. The van der Waals surface area contributed by atoms with Crippen molar-refractivity contribution in [2.75, 3.05) is 25.4 Å². The monoisotopic (exact) mass is 372 g/mol. The summed E-state index contributed by atoms with van der Waals surface area (Å²) >= 11 is 0. The lowest BCUT2D eigenvalue weighted by Crippen LogP contribution is -2.31. The van der Waals surface area contributed by atoms with Gasteiger partial charge in [-0.3, -0.25) is 4.57 Å². The van der Waals surface area contributed by atoms with Crippen LogP contribution in [0.2, 0.25) is 0 Å². The molecule has 0 amide bonds. The first kappa shape index (κ1) is 21.8. The summed E-state index contributed by atoms with van der Waals surface area (Å²) in [5, 5.41) is 22.1. The average Bonchev–Trinajstić information content (AvgIpc) is 2.56. The van der Waals surface area contributed by atoms with Gasteiger partial charge in [0, 0.05) is 18.7 Å². The molecular weight excluding hydrogens is 343 g/mol. The van der Waals surface area contributed by atoms with Crippen LogP contribution in [0.1, 0.15) is 48.1 Å². The normalized spacial score (nSPS) is 16.2. The quantitative estimate of drug-likeness (QED) is 0.279. The van der Waals surface area contributed by atoms with Gasteiger partial charge < -0.3 is 26.2 Å². The van der Waals surface area contributed by atoms with E-state index in [-0.39, 0.29) is 30.5 Å². The van der Waals surface area contributed by atoms with Gasteiger partial charge in [-0.2, -0.15) is 0 Å². The molecule has 0 spiro atoms. The predicted molar refractivity (Wildman–Crippen MR) is 98.3 cm³/mol. The van der Waals surface area contributed by atoms with Crippen molar-refractivity contribution in [3.63, 3.8) is 0 Å². The van der Waals surface area contributed by atoms with Crippen LogP contribution in [0.4, 0.5) is 0 Å². The van der Waals surface area contributed by atoms with E-state index in [2.05, 4.69) is 5.32 Å². The third-order valence-corrected chi connectivity index (χ3v) is 6.01. The minimum Gasteiger partial charge on any atom is -0.478 e. The molecule has 0 radical (unpaired) electrons. The van der Waals surface area contributed by atoms with Gasteiger partial charge in [-0.1, -0.05) is 18.6 Å². The van der Waals surface area contributed by atoms with Crippen molar-refractivity contribution in [1.29, 1.82) is 0 Å². The number of carboxylic acid groups (broad SMARTS) is 1. The first-order valence-corrected chi connectivity index (χ1v) is 10.5. The van der Waals surface area contributed by atoms with Crippen molar-refractivity contribution in [3.05, 3.63) is 35.4 Å². The van der Waals surface area contributed by atoms with Crippen molar-refractivity contribution in [2.24, 2.45) is 5.73 Å². The molecular formula is C17H29N2O5P. The third kappa shape index (κ3) is 8.61. The molecule has 0 saturated carbocycles. The van der Waals surface area contributed by atoms with Crippen molar-refractivity contribution < 1.29 is 24.5 Å². The van der Waals surface area contributed by atoms with Crippen LogP contribution >= 0.6 is 7.37 Å². The van der Waals surface area contributed by atoms with Crippen LogP contribution in [0.3, 0.4) is 0 Å². The van der Waals surface area contributed by atoms with E-state index in [1.807, 2.05) is 6.92 Å². The smallest absolute Gasteiger partial charge is 0.335 e. The molecule has 0 aliphatic rings. The Morgan fingerprint density at radius 1 is 1.32 bits per heavy atom. The van der Waals surface area contributed by atoms with E-state index in [1.54, 1.807) is 18.2 Å². The summed E-state index contributed by atoms with van der Waals surface area (Å²) in [7, 11) is -3.35. The highest BCUT2D eigenvalue weighted by atomic mass is 31.2. The SMILES string of the molecule is CC(NCC(O)CP(=O)(O)CCCCCN)c1cccc(C(=O)O)c1. The van der Waals surface area contributed by atoms with Gasteiger partial charge in [-0.25, -0.2) is 4.79 Å². The molecule has 1 aromatic carbocycles. The summed E-state index contributed by atoms with van der Waals surface area (Å²) in [6.45, 7) is 2.58. The van der Waals surface area contributed by atoms with Crippen LogP contribution in [0.15, 0.2) is 24.3 Å². The molecule has 3 unspecified atom stereocenters.